The molecule has 4 heteroatoms. The summed E-state index contributed by atoms with van der Waals surface area (Å²) >= 11 is 0. The summed E-state index contributed by atoms with van der Waals surface area (Å²) in [5.74, 6) is 0.508. The van der Waals surface area contributed by atoms with Crippen molar-refractivity contribution in [1.29, 1.82) is 0 Å². The lowest BCUT2D eigenvalue weighted by atomic mass is 9.96. The Morgan fingerprint density at radius 1 is 1.29 bits per heavy atom. The number of aliphatic hydroxyl groups is 1. The first-order valence-electron chi connectivity index (χ1n) is 7.94. The summed E-state index contributed by atoms with van der Waals surface area (Å²) < 4.78 is 13.7. The molecule has 0 amide bonds. The number of benzene rings is 1. The molecule has 1 aliphatic rings. The van der Waals surface area contributed by atoms with Crippen molar-refractivity contribution in [2.75, 3.05) is 26.2 Å². The van der Waals surface area contributed by atoms with E-state index in [0.29, 0.717) is 5.92 Å². The molecule has 1 aromatic rings. The van der Waals surface area contributed by atoms with Crippen LogP contribution >= 0.6 is 0 Å². The van der Waals surface area contributed by atoms with Gasteiger partial charge in [-0.1, -0.05) is 18.2 Å². The maximum Gasteiger partial charge on any atom is 0.127 e. The summed E-state index contributed by atoms with van der Waals surface area (Å²) in [6.07, 6.45) is 2.04. The minimum Gasteiger partial charge on any atom is -0.392 e. The molecule has 0 radical (unpaired) electrons. The van der Waals surface area contributed by atoms with Crippen molar-refractivity contribution in [2.45, 2.75) is 38.8 Å². The molecule has 3 nitrogen and oxygen atoms in total. The Morgan fingerprint density at radius 3 is 2.57 bits per heavy atom. The highest BCUT2D eigenvalue weighted by Gasteiger charge is 2.20. The van der Waals surface area contributed by atoms with Crippen LogP contribution in [-0.4, -0.2) is 42.3 Å². The number of rotatable bonds is 6. The molecule has 1 fully saturated rings. The average Bonchev–Trinajstić information content (AvgIpc) is 2.46. The van der Waals surface area contributed by atoms with Gasteiger partial charge in [-0.3, -0.25) is 0 Å². The van der Waals surface area contributed by atoms with Crippen LogP contribution in [0.4, 0.5) is 4.39 Å². The topological polar surface area (TPSA) is 35.5 Å². The van der Waals surface area contributed by atoms with Gasteiger partial charge in [0.25, 0.3) is 0 Å². The zero-order valence-electron chi connectivity index (χ0n) is 13.1. The normalized spacial score (nSPS) is 20.4. The lowest BCUT2D eigenvalue weighted by molar-refractivity contribution is 0.0994. The molecule has 21 heavy (non-hydrogen) atoms. The van der Waals surface area contributed by atoms with E-state index in [2.05, 4.69) is 10.2 Å². The Bertz CT molecular complexity index is 431. The number of nitrogens with one attached hydrogen (secondary N) is 1. The number of hydrogen-bond donors (Lipinski definition) is 2. The van der Waals surface area contributed by atoms with Gasteiger partial charge in [0.2, 0.25) is 0 Å². The molecule has 0 aliphatic carbocycles. The average molecular weight is 294 g/mol. The second kappa shape index (κ2) is 7.87. The molecule has 1 saturated heterocycles. The number of likely N-dealkylation sites (tertiary alicyclic amines) is 1. The molecule has 1 aromatic carbocycles. The second-order valence-corrected chi connectivity index (χ2v) is 6.24. The van der Waals surface area contributed by atoms with Crippen molar-refractivity contribution in [3.8, 4) is 0 Å². The van der Waals surface area contributed by atoms with E-state index < -0.39 is 0 Å². The van der Waals surface area contributed by atoms with Gasteiger partial charge in [0.1, 0.15) is 5.82 Å². The first-order valence-corrected chi connectivity index (χ1v) is 7.94. The van der Waals surface area contributed by atoms with Gasteiger partial charge < -0.3 is 15.3 Å². The van der Waals surface area contributed by atoms with Crippen molar-refractivity contribution in [3.63, 3.8) is 0 Å². The molecule has 118 valence electrons. The Kier molecular flexibility index (Phi) is 6.15. The Hall–Kier alpha value is -0.970. The second-order valence-electron chi connectivity index (χ2n) is 6.24. The summed E-state index contributed by atoms with van der Waals surface area (Å²) in [5.41, 5.74) is 0.740. The Labute approximate surface area is 127 Å². The summed E-state index contributed by atoms with van der Waals surface area (Å²) in [7, 11) is 0. The molecule has 2 rings (SSSR count). The highest BCUT2D eigenvalue weighted by atomic mass is 19.1. The first kappa shape index (κ1) is 16.4. The van der Waals surface area contributed by atoms with Crippen LogP contribution < -0.4 is 5.32 Å². The van der Waals surface area contributed by atoms with E-state index >= 15 is 0 Å². The molecule has 0 bridgehead atoms. The fourth-order valence-electron chi connectivity index (χ4n) is 3.03. The van der Waals surface area contributed by atoms with Gasteiger partial charge in [-0.05, 0) is 58.3 Å². The smallest absolute Gasteiger partial charge is 0.127 e. The van der Waals surface area contributed by atoms with Gasteiger partial charge >= 0.3 is 0 Å². The predicted molar refractivity (Wildman–Crippen MR) is 83.7 cm³/mol. The minimum absolute atomic E-state index is 0.0432. The number of aliphatic hydroxyl groups excluding tert-OH is 1. The van der Waals surface area contributed by atoms with Crippen molar-refractivity contribution in [1.82, 2.24) is 10.2 Å². The van der Waals surface area contributed by atoms with E-state index in [9.17, 15) is 9.50 Å². The molecular formula is C17H27FN2O. The van der Waals surface area contributed by atoms with E-state index in [-0.39, 0.29) is 18.0 Å². The van der Waals surface area contributed by atoms with Crippen molar-refractivity contribution >= 4 is 0 Å². The predicted octanol–water partition coefficient (Wildman–Crippen LogP) is 2.57. The largest absolute Gasteiger partial charge is 0.392 e. The molecule has 1 aliphatic heterocycles. The summed E-state index contributed by atoms with van der Waals surface area (Å²) in [6.45, 7) is 7.64. The van der Waals surface area contributed by atoms with Crippen molar-refractivity contribution in [2.24, 2.45) is 5.92 Å². The van der Waals surface area contributed by atoms with E-state index in [1.165, 1.54) is 6.07 Å². The van der Waals surface area contributed by atoms with Crippen molar-refractivity contribution < 1.29 is 9.50 Å². The number of halogens is 1. The fourth-order valence-corrected chi connectivity index (χ4v) is 3.03. The summed E-state index contributed by atoms with van der Waals surface area (Å²) in [4.78, 5) is 2.32. The monoisotopic (exact) mass is 294 g/mol. The maximum absolute atomic E-state index is 13.7. The van der Waals surface area contributed by atoms with Crippen LogP contribution in [0.5, 0.6) is 0 Å². The molecule has 2 N–H and O–H groups in total. The molecule has 2 atom stereocenters. The number of piperidine rings is 1. The third kappa shape index (κ3) is 5.06. The van der Waals surface area contributed by atoms with Gasteiger partial charge in [0.15, 0.2) is 0 Å². The quantitative estimate of drug-likeness (QED) is 0.846. The van der Waals surface area contributed by atoms with Crippen LogP contribution in [0.15, 0.2) is 24.3 Å². The summed E-state index contributed by atoms with van der Waals surface area (Å²) in [5, 5.41) is 12.9. The van der Waals surface area contributed by atoms with Crippen LogP contribution in [-0.2, 0) is 0 Å². The zero-order chi connectivity index (χ0) is 15.2. The van der Waals surface area contributed by atoms with Crippen LogP contribution in [0.2, 0.25) is 0 Å². The molecule has 0 aromatic heterocycles. The molecule has 0 spiro atoms. The van der Waals surface area contributed by atoms with Crippen LogP contribution in [0, 0.1) is 11.7 Å². The lowest BCUT2D eigenvalue weighted by Crippen LogP contribution is -2.40. The molecule has 2 unspecified atom stereocenters. The van der Waals surface area contributed by atoms with Crippen LogP contribution in [0.25, 0.3) is 0 Å². The lowest BCUT2D eigenvalue weighted by Gasteiger charge is -2.33. The van der Waals surface area contributed by atoms with E-state index in [1.807, 2.05) is 26.0 Å². The molecule has 0 saturated carbocycles. The van der Waals surface area contributed by atoms with E-state index in [1.54, 1.807) is 6.07 Å². The van der Waals surface area contributed by atoms with Gasteiger partial charge in [-0.15, -0.1) is 0 Å². The standard InChI is InChI=1S/C17H27FN2O/c1-13(21)12-20-9-7-15(8-10-20)11-19-14(2)16-5-3-4-6-17(16)18/h3-6,13-15,19,21H,7-12H2,1-2H3. The fraction of sp³-hybridized carbons (Fsp3) is 0.647. The van der Waals surface area contributed by atoms with Crippen molar-refractivity contribution in [3.05, 3.63) is 35.6 Å². The number of hydrogen-bond acceptors (Lipinski definition) is 3. The van der Waals surface area contributed by atoms with Gasteiger partial charge in [0, 0.05) is 18.2 Å². The first-order chi connectivity index (χ1) is 10.1. The Morgan fingerprint density at radius 2 is 1.95 bits per heavy atom. The molecule has 1 heterocycles. The van der Waals surface area contributed by atoms with Crippen LogP contribution in [0.3, 0.4) is 0 Å². The van der Waals surface area contributed by atoms with E-state index in [4.69, 9.17) is 0 Å². The third-order valence-corrected chi connectivity index (χ3v) is 4.31. The van der Waals surface area contributed by atoms with Crippen LogP contribution in [0.1, 0.15) is 38.3 Å². The number of β-amino-alcohol motifs (C(OH)–C–C–N with tert-alkyl or cyclic N) is 1. The minimum atomic E-state index is -0.249. The van der Waals surface area contributed by atoms with Gasteiger partial charge in [-0.25, -0.2) is 4.39 Å². The highest BCUT2D eigenvalue weighted by Crippen LogP contribution is 2.20. The summed E-state index contributed by atoms with van der Waals surface area (Å²) in [6, 6.07) is 7.01. The highest BCUT2D eigenvalue weighted by molar-refractivity contribution is 5.20. The van der Waals surface area contributed by atoms with E-state index in [0.717, 1.165) is 44.6 Å². The van der Waals surface area contributed by atoms with Gasteiger partial charge in [0.05, 0.1) is 6.10 Å². The maximum atomic E-state index is 13.7. The zero-order valence-corrected chi connectivity index (χ0v) is 13.1. The third-order valence-electron chi connectivity index (χ3n) is 4.31. The SMILES string of the molecule is CC(O)CN1CCC(CNC(C)c2ccccc2F)CC1. The Balaban J connectivity index is 1.73. The van der Waals surface area contributed by atoms with Gasteiger partial charge in [-0.2, -0.15) is 0 Å². The number of nitrogens with zero attached hydrogens (tertiary/aromatic N) is 1. The molecular weight excluding hydrogens is 267 g/mol.